The molecule has 0 fully saturated rings. The minimum absolute atomic E-state index is 0.0326. The van der Waals surface area contributed by atoms with Crippen LogP contribution in [0, 0.1) is 6.92 Å². The Balaban J connectivity index is 2.78. The highest BCUT2D eigenvalue weighted by Gasteiger charge is 2.19. The minimum Gasteiger partial charge on any atom is -0.346 e. The molecule has 0 aromatic heterocycles. The van der Waals surface area contributed by atoms with Gasteiger partial charge in [-0.1, -0.05) is 25.5 Å². The summed E-state index contributed by atoms with van der Waals surface area (Å²) in [6.45, 7) is 4.85. The predicted octanol–water partition coefficient (Wildman–Crippen LogP) is 2.41. The second-order valence-corrected chi connectivity index (χ2v) is 7.50. The van der Waals surface area contributed by atoms with Crippen LogP contribution < -0.4 is 4.31 Å². The smallest absolute Gasteiger partial charge is 0.232 e. The normalized spacial score (nSPS) is 11.3. The van der Waals surface area contributed by atoms with Crippen molar-refractivity contribution in [1.82, 2.24) is 4.90 Å². The van der Waals surface area contributed by atoms with Crippen molar-refractivity contribution in [2.45, 2.75) is 33.1 Å². The second kappa shape index (κ2) is 8.17. The molecule has 0 N–H and O–H groups in total. The molecule has 1 rings (SSSR count). The second-order valence-electron chi connectivity index (χ2n) is 5.59. The van der Waals surface area contributed by atoms with Crippen LogP contribution in [0.3, 0.4) is 0 Å². The summed E-state index contributed by atoms with van der Waals surface area (Å²) in [5, 5.41) is 0. The SMILES string of the molecule is CCCCN(C)C(=O)CCN(c1cccc(C)c1)S(C)(=O)=O. The average molecular weight is 326 g/mol. The number of benzene rings is 1. The number of carbonyl (C=O) groups is 1. The molecule has 0 saturated carbocycles. The first-order valence-electron chi connectivity index (χ1n) is 7.54. The summed E-state index contributed by atoms with van der Waals surface area (Å²) in [4.78, 5) is 13.7. The van der Waals surface area contributed by atoms with Crippen LogP contribution in [-0.2, 0) is 14.8 Å². The van der Waals surface area contributed by atoms with Gasteiger partial charge in [0, 0.05) is 26.6 Å². The fraction of sp³-hybridized carbons (Fsp3) is 0.562. The summed E-state index contributed by atoms with van der Waals surface area (Å²) < 4.78 is 25.3. The molecule has 22 heavy (non-hydrogen) atoms. The summed E-state index contributed by atoms with van der Waals surface area (Å²) >= 11 is 0. The molecule has 0 aliphatic rings. The van der Waals surface area contributed by atoms with E-state index >= 15 is 0 Å². The van der Waals surface area contributed by atoms with E-state index in [0.717, 1.165) is 18.4 Å². The highest BCUT2D eigenvalue weighted by atomic mass is 32.2. The van der Waals surface area contributed by atoms with Crippen molar-refractivity contribution in [3.63, 3.8) is 0 Å². The van der Waals surface area contributed by atoms with Crippen LogP contribution in [0.1, 0.15) is 31.7 Å². The van der Waals surface area contributed by atoms with Gasteiger partial charge in [0.1, 0.15) is 0 Å². The van der Waals surface area contributed by atoms with Gasteiger partial charge in [-0.25, -0.2) is 8.42 Å². The van der Waals surface area contributed by atoms with Gasteiger partial charge in [-0.3, -0.25) is 9.10 Å². The Hall–Kier alpha value is -1.56. The molecule has 0 heterocycles. The third-order valence-electron chi connectivity index (χ3n) is 3.49. The van der Waals surface area contributed by atoms with E-state index in [1.54, 1.807) is 18.0 Å². The highest BCUT2D eigenvalue weighted by Crippen LogP contribution is 2.19. The van der Waals surface area contributed by atoms with E-state index in [2.05, 4.69) is 6.92 Å². The Morgan fingerprint density at radius 1 is 1.23 bits per heavy atom. The van der Waals surface area contributed by atoms with Crippen molar-refractivity contribution in [1.29, 1.82) is 0 Å². The number of hydrogen-bond donors (Lipinski definition) is 0. The summed E-state index contributed by atoms with van der Waals surface area (Å²) in [6.07, 6.45) is 3.33. The van der Waals surface area contributed by atoms with Crippen molar-refractivity contribution < 1.29 is 13.2 Å². The molecule has 1 aromatic rings. The maximum Gasteiger partial charge on any atom is 0.232 e. The molecule has 1 amide bonds. The molecule has 0 atom stereocenters. The van der Waals surface area contributed by atoms with Crippen molar-refractivity contribution in [3.05, 3.63) is 29.8 Å². The standard InChI is InChI=1S/C16H26N2O3S/c1-5-6-11-17(3)16(19)10-12-18(22(4,20)21)15-9-7-8-14(2)13-15/h7-9,13H,5-6,10-12H2,1-4H3. The average Bonchev–Trinajstić information content (AvgIpc) is 2.43. The van der Waals surface area contributed by atoms with Crippen LogP contribution in [0.25, 0.3) is 0 Å². The lowest BCUT2D eigenvalue weighted by molar-refractivity contribution is -0.129. The molecular formula is C16H26N2O3S. The summed E-state index contributed by atoms with van der Waals surface area (Å²) in [5.41, 5.74) is 1.59. The van der Waals surface area contributed by atoms with Crippen LogP contribution >= 0.6 is 0 Å². The molecule has 0 radical (unpaired) electrons. The van der Waals surface area contributed by atoms with Crippen LogP contribution in [0.4, 0.5) is 5.69 Å². The van der Waals surface area contributed by atoms with Crippen molar-refractivity contribution in [3.8, 4) is 0 Å². The molecule has 5 nitrogen and oxygen atoms in total. The molecular weight excluding hydrogens is 300 g/mol. The maximum atomic E-state index is 12.1. The molecule has 0 aliphatic heterocycles. The number of carbonyl (C=O) groups excluding carboxylic acids is 1. The fourth-order valence-electron chi connectivity index (χ4n) is 2.18. The number of sulfonamides is 1. The molecule has 1 aromatic carbocycles. The van der Waals surface area contributed by atoms with Crippen molar-refractivity contribution >= 4 is 21.6 Å². The molecule has 0 saturated heterocycles. The van der Waals surface area contributed by atoms with Crippen LogP contribution in [0.5, 0.6) is 0 Å². The number of anilines is 1. The van der Waals surface area contributed by atoms with Crippen LogP contribution in [0.15, 0.2) is 24.3 Å². The molecule has 0 unspecified atom stereocenters. The molecule has 0 bridgehead atoms. The fourth-order valence-corrected chi connectivity index (χ4v) is 3.10. The predicted molar refractivity (Wildman–Crippen MR) is 90.5 cm³/mol. The zero-order valence-corrected chi connectivity index (χ0v) is 14.7. The first-order valence-corrected chi connectivity index (χ1v) is 9.39. The molecule has 124 valence electrons. The molecule has 0 spiro atoms. The van der Waals surface area contributed by atoms with Gasteiger partial charge < -0.3 is 4.90 Å². The lowest BCUT2D eigenvalue weighted by Crippen LogP contribution is -2.35. The molecule has 6 heteroatoms. The van der Waals surface area contributed by atoms with E-state index in [1.165, 1.54) is 10.6 Å². The van der Waals surface area contributed by atoms with Gasteiger partial charge in [-0.05, 0) is 31.0 Å². The van der Waals surface area contributed by atoms with E-state index in [9.17, 15) is 13.2 Å². The Bertz CT molecular complexity index is 599. The Labute approximate surface area is 134 Å². The zero-order valence-electron chi connectivity index (χ0n) is 13.9. The van der Waals surface area contributed by atoms with Crippen molar-refractivity contribution in [2.75, 3.05) is 30.7 Å². The zero-order chi connectivity index (χ0) is 16.8. The number of rotatable bonds is 8. The maximum absolute atomic E-state index is 12.1. The van der Waals surface area contributed by atoms with Crippen LogP contribution in [-0.4, -0.2) is 45.6 Å². The van der Waals surface area contributed by atoms with Gasteiger partial charge in [0.15, 0.2) is 0 Å². The van der Waals surface area contributed by atoms with E-state index in [0.29, 0.717) is 12.2 Å². The Morgan fingerprint density at radius 2 is 1.91 bits per heavy atom. The van der Waals surface area contributed by atoms with Gasteiger partial charge in [-0.15, -0.1) is 0 Å². The first-order chi connectivity index (χ1) is 10.3. The van der Waals surface area contributed by atoms with Gasteiger partial charge in [0.25, 0.3) is 0 Å². The largest absolute Gasteiger partial charge is 0.346 e. The summed E-state index contributed by atoms with van der Waals surface area (Å²) in [6, 6.07) is 7.29. The van der Waals surface area contributed by atoms with Crippen LogP contribution in [0.2, 0.25) is 0 Å². The number of hydrogen-bond acceptors (Lipinski definition) is 3. The summed E-state index contributed by atoms with van der Waals surface area (Å²) in [5.74, 6) is -0.0326. The number of unbranched alkanes of at least 4 members (excludes halogenated alkanes) is 1. The number of amides is 1. The van der Waals surface area contributed by atoms with Crippen molar-refractivity contribution in [2.24, 2.45) is 0 Å². The molecule has 0 aliphatic carbocycles. The number of nitrogens with zero attached hydrogens (tertiary/aromatic N) is 2. The van der Waals surface area contributed by atoms with E-state index in [1.807, 2.05) is 25.1 Å². The highest BCUT2D eigenvalue weighted by molar-refractivity contribution is 7.92. The van der Waals surface area contributed by atoms with E-state index in [-0.39, 0.29) is 18.9 Å². The van der Waals surface area contributed by atoms with Gasteiger partial charge in [-0.2, -0.15) is 0 Å². The van der Waals surface area contributed by atoms with Gasteiger partial charge in [0.2, 0.25) is 15.9 Å². The monoisotopic (exact) mass is 326 g/mol. The lowest BCUT2D eigenvalue weighted by atomic mass is 10.2. The lowest BCUT2D eigenvalue weighted by Gasteiger charge is -2.24. The van der Waals surface area contributed by atoms with E-state index in [4.69, 9.17) is 0 Å². The Morgan fingerprint density at radius 3 is 2.45 bits per heavy atom. The van der Waals surface area contributed by atoms with Gasteiger partial charge in [0.05, 0.1) is 11.9 Å². The third kappa shape index (κ3) is 5.67. The van der Waals surface area contributed by atoms with Gasteiger partial charge >= 0.3 is 0 Å². The van der Waals surface area contributed by atoms with E-state index < -0.39 is 10.0 Å². The minimum atomic E-state index is -3.41. The number of aryl methyl sites for hydroxylation is 1. The first kappa shape index (κ1) is 18.5. The third-order valence-corrected chi connectivity index (χ3v) is 4.69. The quantitative estimate of drug-likeness (QED) is 0.737. The summed E-state index contributed by atoms with van der Waals surface area (Å²) in [7, 11) is -1.65. The Kier molecular flexibility index (Phi) is 6.87. The topological polar surface area (TPSA) is 57.7 Å².